The van der Waals surface area contributed by atoms with E-state index < -0.39 is 6.43 Å². The highest BCUT2D eigenvalue weighted by molar-refractivity contribution is 5.42. The molecule has 1 aliphatic heterocycles. The van der Waals surface area contributed by atoms with Gasteiger partial charge in [-0.05, 0) is 17.6 Å². The number of rotatable bonds is 2. The molecule has 13 heavy (non-hydrogen) atoms. The van der Waals surface area contributed by atoms with Gasteiger partial charge in [0.25, 0.3) is 6.43 Å². The molecule has 0 atom stereocenters. The summed E-state index contributed by atoms with van der Waals surface area (Å²) < 4.78 is 25.1. The predicted octanol–water partition coefficient (Wildman–Crippen LogP) is 2.83. The third-order valence-corrected chi connectivity index (χ3v) is 1.93. The van der Waals surface area contributed by atoms with Crippen LogP contribution in [-0.4, -0.2) is 6.43 Å². The number of nitrogens with one attached hydrogen (secondary N) is 1. The van der Waals surface area contributed by atoms with Crippen molar-refractivity contribution in [3.8, 4) is 0 Å². The van der Waals surface area contributed by atoms with Crippen molar-refractivity contribution in [2.45, 2.75) is 20.3 Å². The monoisotopic (exact) mass is 185 g/mol. The Morgan fingerprint density at radius 1 is 1.31 bits per heavy atom. The van der Waals surface area contributed by atoms with Crippen LogP contribution in [0.15, 0.2) is 35.7 Å². The lowest BCUT2D eigenvalue weighted by Gasteiger charge is -2.20. The summed E-state index contributed by atoms with van der Waals surface area (Å²) in [6.07, 6.45) is 0.585. The van der Waals surface area contributed by atoms with Gasteiger partial charge in [0.1, 0.15) is 0 Å². The van der Waals surface area contributed by atoms with Crippen molar-refractivity contribution in [1.29, 1.82) is 0 Å². The molecule has 0 fully saturated rings. The van der Waals surface area contributed by atoms with Crippen LogP contribution >= 0.6 is 0 Å². The number of hydrogen-bond acceptors (Lipinski definition) is 1. The lowest BCUT2D eigenvalue weighted by atomic mass is 9.94. The summed E-state index contributed by atoms with van der Waals surface area (Å²) in [6.45, 7) is 7.35. The number of allylic oxidation sites excluding steroid dienone is 3. The molecule has 0 aromatic carbocycles. The van der Waals surface area contributed by atoms with Crippen molar-refractivity contribution in [3.05, 3.63) is 35.7 Å². The Labute approximate surface area is 76.8 Å². The molecule has 0 spiro atoms. The van der Waals surface area contributed by atoms with Gasteiger partial charge in [-0.3, -0.25) is 0 Å². The van der Waals surface area contributed by atoms with Crippen LogP contribution in [0, 0.1) is 5.92 Å². The van der Waals surface area contributed by atoms with E-state index in [0.717, 1.165) is 0 Å². The molecular weight excluding hydrogens is 172 g/mol. The minimum absolute atomic E-state index is 0.0822. The highest BCUT2D eigenvalue weighted by atomic mass is 19.3. The highest BCUT2D eigenvalue weighted by Gasteiger charge is 2.20. The number of dihydropyridines is 1. The van der Waals surface area contributed by atoms with Crippen LogP contribution in [0.1, 0.15) is 13.8 Å². The molecule has 1 N–H and O–H groups in total. The first-order valence-corrected chi connectivity index (χ1v) is 4.18. The fourth-order valence-electron chi connectivity index (χ4n) is 1.26. The van der Waals surface area contributed by atoms with Gasteiger partial charge < -0.3 is 5.32 Å². The second-order valence-corrected chi connectivity index (χ2v) is 3.32. The molecule has 3 heteroatoms. The molecule has 0 saturated carbocycles. The summed E-state index contributed by atoms with van der Waals surface area (Å²) in [4.78, 5) is 0. The van der Waals surface area contributed by atoms with E-state index in [1.54, 1.807) is 6.20 Å². The van der Waals surface area contributed by atoms with Crippen molar-refractivity contribution in [1.82, 2.24) is 5.32 Å². The van der Waals surface area contributed by atoms with Crippen LogP contribution in [0.5, 0.6) is 0 Å². The summed E-state index contributed by atoms with van der Waals surface area (Å²) in [5.74, 6) is 0.0980. The molecule has 0 radical (unpaired) electrons. The summed E-state index contributed by atoms with van der Waals surface area (Å²) in [6, 6.07) is 0. The van der Waals surface area contributed by atoms with Gasteiger partial charge in [0.15, 0.2) is 0 Å². The molecule has 0 aliphatic carbocycles. The fraction of sp³-hybridized carbons (Fsp3) is 0.400. The van der Waals surface area contributed by atoms with E-state index in [9.17, 15) is 8.78 Å². The van der Waals surface area contributed by atoms with Crippen molar-refractivity contribution in [3.63, 3.8) is 0 Å². The Bertz CT molecular complexity index is 275. The largest absolute Gasteiger partial charge is 0.362 e. The van der Waals surface area contributed by atoms with E-state index in [4.69, 9.17) is 0 Å². The van der Waals surface area contributed by atoms with Crippen molar-refractivity contribution < 1.29 is 8.78 Å². The molecule has 0 aromatic heterocycles. The Morgan fingerprint density at radius 2 is 1.92 bits per heavy atom. The SMILES string of the molecule is C=C1C=C(C(F)F)C(C(C)C)=CN1. The standard InChI is InChI=1S/C10H13F2N/c1-6(2)9-5-13-7(3)4-8(9)10(11)12/h4-6,10,13H,3H2,1-2H3. The highest BCUT2D eigenvalue weighted by Crippen LogP contribution is 2.27. The average Bonchev–Trinajstić information content (AvgIpc) is 2.03. The average molecular weight is 185 g/mol. The molecule has 72 valence electrons. The van der Waals surface area contributed by atoms with Crippen molar-refractivity contribution in [2.24, 2.45) is 5.92 Å². The topological polar surface area (TPSA) is 12.0 Å². The summed E-state index contributed by atoms with van der Waals surface area (Å²) in [5.41, 5.74) is 1.25. The van der Waals surface area contributed by atoms with E-state index in [-0.39, 0.29) is 11.5 Å². The molecule has 1 rings (SSSR count). The third kappa shape index (κ3) is 2.17. The quantitative estimate of drug-likeness (QED) is 0.697. The van der Waals surface area contributed by atoms with Gasteiger partial charge >= 0.3 is 0 Å². The van der Waals surface area contributed by atoms with Crippen LogP contribution in [-0.2, 0) is 0 Å². The van der Waals surface area contributed by atoms with Crippen molar-refractivity contribution >= 4 is 0 Å². The van der Waals surface area contributed by atoms with Crippen molar-refractivity contribution in [2.75, 3.05) is 0 Å². The maximum absolute atomic E-state index is 12.5. The molecule has 1 nitrogen and oxygen atoms in total. The Morgan fingerprint density at radius 3 is 2.38 bits per heavy atom. The fourth-order valence-corrected chi connectivity index (χ4v) is 1.26. The van der Waals surface area contributed by atoms with Gasteiger partial charge in [0.05, 0.1) is 0 Å². The second kappa shape index (κ2) is 3.73. The van der Waals surface area contributed by atoms with E-state index in [2.05, 4.69) is 11.9 Å². The minimum Gasteiger partial charge on any atom is -0.362 e. The molecule has 0 amide bonds. The Balaban J connectivity index is 2.97. The van der Waals surface area contributed by atoms with E-state index in [1.165, 1.54) is 6.08 Å². The zero-order chi connectivity index (χ0) is 10.0. The molecule has 0 saturated heterocycles. The Kier molecular flexibility index (Phi) is 2.86. The normalized spacial score (nSPS) is 17.2. The van der Waals surface area contributed by atoms with Crippen LogP contribution in [0.3, 0.4) is 0 Å². The number of alkyl halides is 2. The summed E-state index contributed by atoms with van der Waals surface area (Å²) in [5, 5.41) is 2.83. The van der Waals surface area contributed by atoms with Crippen LogP contribution < -0.4 is 5.32 Å². The molecular formula is C10H13F2N. The van der Waals surface area contributed by atoms with Crippen LogP contribution in [0.25, 0.3) is 0 Å². The predicted molar refractivity (Wildman–Crippen MR) is 49.3 cm³/mol. The maximum Gasteiger partial charge on any atom is 0.264 e. The molecule has 0 aromatic rings. The second-order valence-electron chi connectivity index (χ2n) is 3.32. The zero-order valence-electron chi connectivity index (χ0n) is 7.77. The first-order valence-electron chi connectivity index (χ1n) is 4.18. The summed E-state index contributed by atoms with van der Waals surface area (Å²) in [7, 11) is 0. The van der Waals surface area contributed by atoms with Gasteiger partial charge in [0.2, 0.25) is 0 Å². The zero-order valence-corrected chi connectivity index (χ0v) is 7.77. The van der Waals surface area contributed by atoms with Crippen LogP contribution in [0.2, 0.25) is 0 Å². The summed E-state index contributed by atoms with van der Waals surface area (Å²) >= 11 is 0. The number of halogens is 2. The Hall–Kier alpha value is -1.12. The van der Waals surface area contributed by atoms with Gasteiger partial charge in [0, 0.05) is 17.5 Å². The molecule has 1 aliphatic rings. The lowest BCUT2D eigenvalue weighted by molar-refractivity contribution is 0.190. The third-order valence-electron chi connectivity index (χ3n) is 1.93. The molecule has 0 unspecified atom stereocenters. The smallest absolute Gasteiger partial charge is 0.264 e. The minimum atomic E-state index is -2.42. The first kappa shape index (κ1) is 9.96. The van der Waals surface area contributed by atoms with Crippen LogP contribution in [0.4, 0.5) is 8.78 Å². The maximum atomic E-state index is 12.5. The van der Waals surface area contributed by atoms with E-state index in [1.807, 2.05) is 13.8 Å². The number of hydrogen-bond donors (Lipinski definition) is 1. The van der Waals surface area contributed by atoms with Gasteiger partial charge in [-0.1, -0.05) is 20.4 Å². The molecule has 0 bridgehead atoms. The van der Waals surface area contributed by atoms with E-state index in [0.29, 0.717) is 11.3 Å². The molecule has 1 heterocycles. The lowest BCUT2D eigenvalue weighted by Crippen LogP contribution is -2.17. The van der Waals surface area contributed by atoms with Gasteiger partial charge in [-0.2, -0.15) is 0 Å². The van der Waals surface area contributed by atoms with E-state index >= 15 is 0 Å². The van der Waals surface area contributed by atoms with Gasteiger partial charge in [-0.15, -0.1) is 0 Å². The van der Waals surface area contributed by atoms with Gasteiger partial charge in [-0.25, -0.2) is 8.78 Å². The first-order chi connectivity index (χ1) is 6.02.